The van der Waals surface area contributed by atoms with Crippen LogP contribution < -0.4 is 10.1 Å². The second-order valence-corrected chi connectivity index (χ2v) is 4.28. The fraction of sp³-hybridized carbons (Fsp3) is 0.214. The van der Waals surface area contributed by atoms with E-state index in [4.69, 9.17) is 4.42 Å². The molecule has 2 rings (SSSR count). The quantitative estimate of drug-likeness (QED) is 0.941. The van der Waals surface area contributed by atoms with E-state index in [1.165, 1.54) is 24.3 Å². The summed E-state index contributed by atoms with van der Waals surface area (Å²) in [5, 5.41) is 2.60. The molecule has 0 aliphatic carbocycles. The highest BCUT2D eigenvalue weighted by Gasteiger charge is 2.30. The van der Waals surface area contributed by atoms with E-state index < -0.39 is 12.3 Å². The Bertz CT molecular complexity index is 617. The number of carbonyl (C=O) groups is 1. The molecule has 0 saturated heterocycles. The molecule has 0 spiro atoms. The van der Waals surface area contributed by atoms with E-state index in [0.717, 1.165) is 0 Å². The summed E-state index contributed by atoms with van der Waals surface area (Å²) < 4.78 is 44.9. The second-order valence-electron chi connectivity index (χ2n) is 4.28. The van der Waals surface area contributed by atoms with Gasteiger partial charge in [-0.2, -0.15) is 0 Å². The molecule has 1 aromatic heterocycles. The van der Waals surface area contributed by atoms with Gasteiger partial charge in [0.05, 0.1) is 0 Å². The van der Waals surface area contributed by atoms with E-state index >= 15 is 0 Å². The fourth-order valence-electron chi connectivity index (χ4n) is 1.63. The Morgan fingerprint density at radius 3 is 2.38 bits per heavy atom. The molecule has 7 heteroatoms. The van der Waals surface area contributed by atoms with Crippen molar-refractivity contribution in [3.8, 4) is 5.75 Å². The van der Waals surface area contributed by atoms with Crippen LogP contribution in [-0.2, 0) is 6.54 Å². The number of amides is 1. The second kappa shape index (κ2) is 5.90. The largest absolute Gasteiger partial charge is 0.573 e. The maximum Gasteiger partial charge on any atom is 0.573 e. The maximum absolute atomic E-state index is 12.0. The van der Waals surface area contributed by atoms with Crippen LogP contribution in [-0.4, -0.2) is 12.3 Å². The van der Waals surface area contributed by atoms with Gasteiger partial charge in [0.1, 0.15) is 11.5 Å². The van der Waals surface area contributed by atoms with Crippen molar-refractivity contribution >= 4 is 5.91 Å². The zero-order chi connectivity index (χ0) is 15.5. The van der Waals surface area contributed by atoms with E-state index in [1.807, 2.05) is 0 Å². The minimum absolute atomic E-state index is 0.172. The van der Waals surface area contributed by atoms with Crippen LogP contribution in [0, 0.1) is 6.92 Å². The fourth-order valence-corrected chi connectivity index (χ4v) is 1.63. The summed E-state index contributed by atoms with van der Waals surface area (Å²) in [5.74, 6) is 0.108. The van der Waals surface area contributed by atoms with Crippen LogP contribution in [0.5, 0.6) is 5.75 Å². The van der Waals surface area contributed by atoms with E-state index in [2.05, 4.69) is 10.1 Å². The van der Waals surface area contributed by atoms with E-state index in [1.54, 1.807) is 19.1 Å². The molecule has 1 aromatic carbocycles. The van der Waals surface area contributed by atoms with Gasteiger partial charge in [-0.3, -0.25) is 4.79 Å². The highest BCUT2D eigenvalue weighted by molar-refractivity contribution is 5.91. The number of hydrogen-bond acceptors (Lipinski definition) is 3. The van der Waals surface area contributed by atoms with Crippen LogP contribution >= 0.6 is 0 Å². The molecule has 0 aliphatic rings. The molecule has 0 atom stereocenters. The summed E-state index contributed by atoms with van der Waals surface area (Å²) in [7, 11) is 0. The van der Waals surface area contributed by atoms with E-state index in [-0.39, 0.29) is 18.1 Å². The lowest BCUT2D eigenvalue weighted by Crippen LogP contribution is -2.22. The number of carbonyl (C=O) groups excluding carboxylic acids is 1. The Labute approximate surface area is 118 Å². The number of rotatable bonds is 4. The molecule has 112 valence electrons. The summed E-state index contributed by atoms with van der Waals surface area (Å²) in [5.41, 5.74) is 0.640. The average molecular weight is 299 g/mol. The Kier molecular flexibility index (Phi) is 4.21. The van der Waals surface area contributed by atoms with Crippen molar-refractivity contribution in [1.82, 2.24) is 5.32 Å². The molecule has 0 aliphatic heterocycles. The lowest BCUT2D eigenvalue weighted by Gasteiger charge is -2.09. The third kappa shape index (κ3) is 4.55. The summed E-state index contributed by atoms with van der Waals surface area (Å²) in [6.45, 7) is 1.89. The first-order chi connectivity index (χ1) is 9.83. The third-order valence-electron chi connectivity index (χ3n) is 2.57. The van der Waals surface area contributed by atoms with Gasteiger partial charge in [-0.1, -0.05) is 12.1 Å². The number of nitrogens with one attached hydrogen (secondary N) is 1. The molecule has 0 radical (unpaired) electrons. The summed E-state index contributed by atoms with van der Waals surface area (Å²) in [6, 6.07) is 8.46. The average Bonchev–Trinajstić information content (AvgIpc) is 2.82. The van der Waals surface area contributed by atoms with Crippen molar-refractivity contribution in [2.24, 2.45) is 0 Å². The first kappa shape index (κ1) is 15.0. The van der Waals surface area contributed by atoms with Crippen molar-refractivity contribution in [2.75, 3.05) is 0 Å². The summed E-state index contributed by atoms with van der Waals surface area (Å²) in [6.07, 6.45) is -4.72. The Morgan fingerprint density at radius 2 is 1.86 bits per heavy atom. The van der Waals surface area contributed by atoms with Gasteiger partial charge >= 0.3 is 6.36 Å². The van der Waals surface area contributed by atoms with Gasteiger partial charge in [-0.25, -0.2) is 0 Å². The molecule has 0 unspecified atom stereocenters. The van der Waals surface area contributed by atoms with Gasteiger partial charge in [-0.05, 0) is 36.8 Å². The topological polar surface area (TPSA) is 51.5 Å². The van der Waals surface area contributed by atoms with Gasteiger partial charge in [0.2, 0.25) is 0 Å². The third-order valence-corrected chi connectivity index (χ3v) is 2.57. The molecular weight excluding hydrogens is 287 g/mol. The predicted octanol–water partition coefficient (Wildman–Crippen LogP) is 3.42. The maximum atomic E-state index is 12.0. The minimum atomic E-state index is -4.72. The molecule has 0 fully saturated rings. The standard InChI is InChI=1S/C14H12F3NO3/c1-9-2-7-12(20-9)13(19)18-8-10-3-5-11(6-4-10)21-14(15,16)17/h2-7H,8H2,1H3,(H,18,19). The molecule has 0 bridgehead atoms. The molecule has 4 nitrogen and oxygen atoms in total. The number of alkyl halides is 3. The number of halogens is 3. The van der Waals surface area contributed by atoms with Crippen LogP contribution in [0.4, 0.5) is 13.2 Å². The molecule has 0 saturated carbocycles. The Morgan fingerprint density at radius 1 is 1.19 bits per heavy atom. The van der Waals surface area contributed by atoms with Crippen LogP contribution in [0.2, 0.25) is 0 Å². The predicted molar refractivity (Wildman–Crippen MR) is 67.7 cm³/mol. The lowest BCUT2D eigenvalue weighted by molar-refractivity contribution is -0.274. The zero-order valence-electron chi connectivity index (χ0n) is 11.0. The number of ether oxygens (including phenoxy) is 1. The molecular formula is C14H12F3NO3. The van der Waals surface area contributed by atoms with Crippen LogP contribution in [0.15, 0.2) is 40.8 Å². The lowest BCUT2D eigenvalue weighted by atomic mass is 10.2. The first-order valence-electron chi connectivity index (χ1n) is 6.03. The molecule has 1 N–H and O–H groups in total. The summed E-state index contributed by atoms with van der Waals surface area (Å²) in [4.78, 5) is 11.7. The molecule has 21 heavy (non-hydrogen) atoms. The van der Waals surface area contributed by atoms with Crippen LogP contribution in [0.1, 0.15) is 21.9 Å². The number of aryl methyl sites for hydroxylation is 1. The Hall–Kier alpha value is -2.44. The molecule has 1 amide bonds. The smallest absolute Gasteiger partial charge is 0.456 e. The van der Waals surface area contributed by atoms with Crippen molar-refractivity contribution in [3.63, 3.8) is 0 Å². The molecule has 1 heterocycles. The SMILES string of the molecule is Cc1ccc(C(=O)NCc2ccc(OC(F)(F)F)cc2)o1. The van der Waals surface area contributed by atoms with Gasteiger partial charge in [0.25, 0.3) is 5.91 Å². The number of hydrogen-bond donors (Lipinski definition) is 1. The van der Waals surface area contributed by atoms with Gasteiger partial charge in [0.15, 0.2) is 5.76 Å². The van der Waals surface area contributed by atoms with E-state index in [0.29, 0.717) is 11.3 Å². The molecule has 2 aromatic rings. The van der Waals surface area contributed by atoms with Crippen molar-refractivity contribution in [1.29, 1.82) is 0 Å². The van der Waals surface area contributed by atoms with Crippen molar-refractivity contribution in [2.45, 2.75) is 19.8 Å². The monoisotopic (exact) mass is 299 g/mol. The van der Waals surface area contributed by atoms with Crippen LogP contribution in [0.25, 0.3) is 0 Å². The van der Waals surface area contributed by atoms with Crippen molar-refractivity contribution < 1.29 is 27.1 Å². The normalized spacial score (nSPS) is 11.2. The van der Waals surface area contributed by atoms with E-state index in [9.17, 15) is 18.0 Å². The van der Waals surface area contributed by atoms with Gasteiger partial charge in [0, 0.05) is 6.54 Å². The minimum Gasteiger partial charge on any atom is -0.456 e. The highest BCUT2D eigenvalue weighted by atomic mass is 19.4. The first-order valence-corrected chi connectivity index (χ1v) is 6.03. The van der Waals surface area contributed by atoms with Crippen molar-refractivity contribution in [3.05, 3.63) is 53.5 Å². The highest BCUT2D eigenvalue weighted by Crippen LogP contribution is 2.22. The van der Waals surface area contributed by atoms with Crippen LogP contribution in [0.3, 0.4) is 0 Å². The summed E-state index contributed by atoms with van der Waals surface area (Å²) >= 11 is 0. The number of furan rings is 1. The zero-order valence-corrected chi connectivity index (χ0v) is 11.0. The Balaban J connectivity index is 1.90. The van der Waals surface area contributed by atoms with Gasteiger partial charge < -0.3 is 14.5 Å². The van der Waals surface area contributed by atoms with Gasteiger partial charge in [-0.15, -0.1) is 13.2 Å². The number of benzene rings is 1.